The minimum atomic E-state index is 0.498. The molecule has 0 atom stereocenters. The Balaban J connectivity index is 2.04. The molecule has 1 aromatic heterocycles. The lowest BCUT2D eigenvalue weighted by Crippen LogP contribution is -2.19. The highest BCUT2D eigenvalue weighted by molar-refractivity contribution is 5.60. The number of rotatable bonds is 3. The summed E-state index contributed by atoms with van der Waals surface area (Å²) in [6.45, 7) is 1.17. The third-order valence-corrected chi connectivity index (χ3v) is 3.31. The normalized spacial score (nSPS) is 13.7. The van der Waals surface area contributed by atoms with Crippen LogP contribution in [0.3, 0.4) is 0 Å². The molecule has 6 heteroatoms. The molecule has 3 rings (SSSR count). The molecule has 1 aliphatic rings. The van der Waals surface area contributed by atoms with Gasteiger partial charge in [-0.05, 0) is 24.3 Å². The highest BCUT2D eigenvalue weighted by atomic mass is 16.5. The van der Waals surface area contributed by atoms with E-state index < -0.39 is 0 Å². The van der Waals surface area contributed by atoms with Crippen molar-refractivity contribution in [1.82, 2.24) is 9.97 Å². The number of aromatic nitrogens is 2. The zero-order valence-electron chi connectivity index (χ0n) is 11.2. The van der Waals surface area contributed by atoms with Crippen LogP contribution in [0.5, 0.6) is 5.75 Å². The summed E-state index contributed by atoms with van der Waals surface area (Å²) >= 11 is 0. The molecule has 1 aliphatic heterocycles. The largest absolute Gasteiger partial charge is 0.497 e. The first-order valence-electron chi connectivity index (χ1n) is 6.40. The number of nitrogen functional groups attached to an aromatic ring is 1. The van der Waals surface area contributed by atoms with E-state index in [9.17, 15) is 0 Å². The zero-order valence-corrected chi connectivity index (χ0v) is 11.2. The van der Waals surface area contributed by atoms with Gasteiger partial charge in [-0.1, -0.05) is 0 Å². The van der Waals surface area contributed by atoms with Crippen molar-refractivity contribution in [2.45, 2.75) is 13.0 Å². The molecular formula is C14H16N4O2. The van der Waals surface area contributed by atoms with Gasteiger partial charge in [-0.3, -0.25) is 0 Å². The molecule has 2 heterocycles. The molecule has 0 spiro atoms. The topological polar surface area (TPSA) is 82.3 Å². The summed E-state index contributed by atoms with van der Waals surface area (Å²) in [7, 11) is 1.64. The number of anilines is 1. The second-order valence-electron chi connectivity index (χ2n) is 4.50. The van der Waals surface area contributed by atoms with Crippen LogP contribution in [0.1, 0.15) is 11.3 Å². The molecule has 1 aromatic carbocycles. The summed E-state index contributed by atoms with van der Waals surface area (Å²) in [4.78, 5) is 9.08. The first-order chi connectivity index (χ1) is 9.81. The van der Waals surface area contributed by atoms with Gasteiger partial charge in [0.25, 0.3) is 0 Å². The van der Waals surface area contributed by atoms with E-state index in [2.05, 4.69) is 15.4 Å². The van der Waals surface area contributed by atoms with Gasteiger partial charge in [0.15, 0.2) is 5.82 Å². The number of methoxy groups -OCH3 is 1. The maximum Gasteiger partial charge on any atom is 0.161 e. The van der Waals surface area contributed by atoms with Crippen LogP contribution in [0.4, 0.5) is 5.82 Å². The van der Waals surface area contributed by atoms with E-state index in [-0.39, 0.29) is 0 Å². The highest BCUT2D eigenvalue weighted by Crippen LogP contribution is 2.26. The van der Waals surface area contributed by atoms with Crippen molar-refractivity contribution in [2.24, 2.45) is 5.84 Å². The van der Waals surface area contributed by atoms with Crippen LogP contribution in [-0.4, -0.2) is 23.7 Å². The third kappa shape index (κ3) is 2.31. The molecule has 0 radical (unpaired) electrons. The number of hydrogen-bond donors (Lipinski definition) is 2. The fourth-order valence-corrected chi connectivity index (χ4v) is 2.22. The van der Waals surface area contributed by atoms with Crippen molar-refractivity contribution in [1.29, 1.82) is 0 Å². The first kappa shape index (κ1) is 12.8. The number of nitrogens with two attached hydrogens (primary N) is 1. The quantitative estimate of drug-likeness (QED) is 0.651. The van der Waals surface area contributed by atoms with Crippen molar-refractivity contribution < 1.29 is 9.47 Å². The fourth-order valence-electron chi connectivity index (χ4n) is 2.22. The maximum atomic E-state index is 5.55. The summed E-state index contributed by atoms with van der Waals surface area (Å²) < 4.78 is 10.6. The average Bonchev–Trinajstić information content (AvgIpc) is 2.54. The van der Waals surface area contributed by atoms with E-state index in [4.69, 9.17) is 15.3 Å². The summed E-state index contributed by atoms with van der Waals surface area (Å²) in [5.74, 6) is 7.63. The second kappa shape index (κ2) is 5.44. The first-order valence-corrected chi connectivity index (χ1v) is 6.40. The molecule has 6 nitrogen and oxygen atoms in total. The van der Waals surface area contributed by atoms with Crippen LogP contribution in [0.15, 0.2) is 24.3 Å². The minimum Gasteiger partial charge on any atom is -0.497 e. The van der Waals surface area contributed by atoms with E-state index in [0.717, 1.165) is 29.0 Å². The Morgan fingerprint density at radius 3 is 2.75 bits per heavy atom. The van der Waals surface area contributed by atoms with Gasteiger partial charge in [0.2, 0.25) is 0 Å². The molecule has 0 saturated carbocycles. The number of hydrogen-bond acceptors (Lipinski definition) is 6. The van der Waals surface area contributed by atoms with Gasteiger partial charge in [0, 0.05) is 17.5 Å². The molecule has 0 fully saturated rings. The Kier molecular flexibility index (Phi) is 3.49. The molecule has 20 heavy (non-hydrogen) atoms. The highest BCUT2D eigenvalue weighted by Gasteiger charge is 2.18. The van der Waals surface area contributed by atoms with E-state index in [1.807, 2.05) is 24.3 Å². The lowest BCUT2D eigenvalue weighted by molar-refractivity contribution is 0.109. The van der Waals surface area contributed by atoms with E-state index in [0.29, 0.717) is 24.9 Å². The second-order valence-corrected chi connectivity index (χ2v) is 4.50. The number of nitrogens with zero attached hydrogens (tertiary/aromatic N) is 2. The standard InChI is InChI=1S/C14H16N4O2/c1-19-10-4-2-9(3-5-10)13-16-12-6-7-20-8-11(12)14(17-13)18-15/h2-5H,6-8,15H2,1H3,(H,16,17,18). The van der Waals surface area contributed by atoms with Gasteiger partial charge in [-0.15, -0.1) is 0 Å². The Hall–Kier alpha value is -2.18. The zero-order chi connectivity index (χ0) is 13.9. The monoisotopic (exact) mass is 272 g/mol. The Morgan fingerprint density at radius 1 is 1.25 bits per heavy atom. The van der Waals surface area contributed by atoms with Crippen molar-refractivity contribution in [3.63, 3.8) is 0 Å². The Bertz CT molecular complexity index is 596. The molecule has 0 aliphatic carbocycles. The Labute approximate surface area is 116 Å². The van der Waals surface area contributed by atoms with Gasteiger partial charge in [0.1, 0.15) is 11.6 Å². The molecule has 0 amide bonds. The molecule has 3 N–H and O–H groups in total. The van der Waals surface area contributed by atoms with Gasteiger partial charge in [-0.25, -0.2) is 15.8 Å². The molecule has 104 valence electrons. The average molecular weight is 272 g/mol. The SMILES string of the molecule is COc1ccc(-c2nc3c(c(NN)n2)COCC3)cc1. The van der Waals surface area contributed by atoms with Crippen molar-refractivity contribution in [3.8, 4) is 17.1 Å². The van der Waals surface area contributed by atoms with Crippen LogP contribution in [0, 0.1) is 0 Å². The van der Waals surface area contributed by atoms with E-state index >= 15 is 0 Å². The van der Waals surface area contributed by atoms with Crippen LogP contribution >= 0.6 is 0 Å². The number of fused-ring (bicyclic) bond motifs is 1. The molecule has 0 saturated heterocycles. The van der Waals surface area contributed by atoms with E-state index in [1.54, 1.807) is 7.11 Å². The lowest BCUT2D eigenvalue weighted by atomic mass is 10.1. The summed E-state index contributed by atoms with van der Waals surface area (Å²) in [5.41, 5.74) is 5.49. The number of nitrogens with one attached hydrogen (secondary N) is 1. The van der Waals surface area contributed by atoms with Crippen LogP contribution in [0.2, 0.25) is 0 Å². The maximum absolute atomic E-state index is 5.55. The smallest absolute Gasteiger partial charge is 0.161 e. The van der Waals surface area contributed by atoms with Gasteiger partial charge >= 0.3 is 0 Å². The summed E-state index contributed by atoms with van der Waals surface area (Å²) in [6.07, 6.45) is 0.774. The molecule has 2 aromatic rings. The molecule has 0 bridgehead atoms. The van der Waals surface area contributed by atoms with Gasteiger partial charge in [-0.2, -0.15) is 0 Å². The lowest BCUT2D eigenvalue weighted by Gasteiger charge is -2.19. The number of hydrazine groups is 1. The molecular weight excluding hydrogens is 256 g/mol. The van der Waals surface area contributed by atoms with Crippen molar-refractivity contribution in [3.05, 3.63) is 35.5 Å². The summed E-state index contributed by atoms with van der Waals surface area (Å²) in [6, 6.07) is 7.63. The van der Waals surface area contributed by atoms with Gasteiger partial charge < -0.3 is 14.9 Å². The number of ether oxygens (including phenoxy) is 2. The third-order valence-electron chi connectivity index (χ3n) is 3.31. The molecule has 0 unspecified atom stereocenters. The van der Waals surface area contributed by atoms with Crippen molar-refractivity contribution >= 4 is 5.82 Å². The predicted octanol–water partition coefficient (Wildman–Crippen LogP) is 1.51. The minimum absolute atomic E-state index is 0.498. The van der Waals surface area contributed by atoms with Crippen LogP contribution < -0.4 is 16.0 Å². The Morgan fingerprint density at radius 2 is 2.05 bits per heavy atom. The predicted molar refractivity (Wildman–Crippen MR) is 75.2 cm³/mol. The van der Waals surface area contributed by atoms with Crippen LogP contribution in [0.25, 0.3) is 11.4 Å². The van der Waals surface area contributed by atoms with Crippen molar-refractivity contribution in [2.75, 3.05) is 19.1 Å². The summed E-state index contributed by atoms with van der Waals surface area (Å²) in [5, 5.41) is 0. The fraction of sp³-hybridized carbons (Fsp3) is 0.286. The van der Waals surface area contributed by atoms with Crippen LogP contribution in [-0.2, 0) is 17.8 Å². The van der Waals surface area contributed by atoms with Gasteiger partial charge in [0.05, 0.1) is 26.0 Å². The van der Waals surface area contributed by atoms with E-state index in [1.165, 1.54) is 0 Å². The number of benzene rings is 1.